The Balaban J connectivity index is 1.52. The van der Waals surface area contributed by atoms with Gasteiger partial charge in [-0.15, -0.1) is 6.58 Å². The molecule has 34 heavy (non-hydrogen) atoms. The van der Waals surface area contributed by atoms with Gasteiger partial charge in [0.15, 0.2) is 0 Å². The van der Waals surface area contributed by atoms with E-state index in [1.165, 1.54) is 10.5 Å². The van der Waals surface area contributed by atoms with Crippen molar-refractivity contribution >= 4 is 27.7 Å². The number of piperidine rings is 1. The van der Waals surface area contributed by atoms with Gasteiger partial charge in [0.2, 0.25) is 11.8 Å². The van der Waals surface area contributed by atoms with E-state index in [1.54, 1.807) is 0 Å². The molecule has 6 heteroatoms. The Morgan fingerprint density at radius 3 is 2.35 bits per heavy atom. The van der Waals surface area contributed by atoms with E-state index >= 15 is 0 Å². The lowest BCUT2D eigenvalue weighted by molar-refractivity contribution is -0.140. The van der Waals surface area contributed by atoms with Gasteiger partial charge in [-0.25, -0.2) is 0 Å². The van der Waals surface area contributed by atoms with Crippen molar-refractivity contribution in [3.8, 4) is 0 Å². The minimum atomic E-state index is -0.391. The third kappa shape index (κ3) is 3.88. The number of aliphatic hydroxyl groups excluding tert-OH is 1. The molecule has 0 saturated carbocycles. The molecular formula is C28H29BrN2O3. The zero-order chi connectivity index (χ0) is 23.8. The summed E-state index contributed by atoms with van der Waals surface area (Å²) in [4.78, 5) is 31.2. The first-order chi connectivity index (χ1) is 16.5. The molecule has 0 aromatic heterocycles. The number of imide groups is 1. The number of benzene rings is 2. The number of carbonyl (C=O) groups is 2. The van der Waals surface area contributed by atoms with Crippen molar-refractivity contribution in [2.24, 2.45) is 17.8 Å². The zero-order valence-electron chi connectivity index (χ0n) is 19.0. The summed E-state index contributed by atoms with van der Waals surface area (Å²) in [5.41, 5.74) is 3.27. The van der Waals surface area contributed by atoms with Crippen LogP contribution in [0.15, 0.2) is 83.4 Å². The molecule has 2 fully saturated rings. The molecule has 0 radical (unpaired) electrons. The minimum Gasteiger partial charge on any atom is -0.396 e. The van der Waals surface area contributed by atoms with Crippen molar-refractivity contribution in [1.82, 2.24) is 9.80 Å². The predicted octanol–water partition coefficient (Wildman–Crippen LogP) is 4.32. The van der Waals surface area contributed by atoms with Crippen molar-refractivity contribution in [1.29, 1.82) is 0 Å². The molecule has 6 rings (SSSR count). The van der Waals surface area contributed by atoms with E-state index in [0.717, 1.165) is 22.0 Å². The van der Waals surface area contributed by atoms with Crippen LogP contribution in [-0.4, -0.2) is 45.4 Å². The quantitative estimate of drug-likeness (QED) is 0.416. The highest BCUT2D eigenvalue weighted by molar-refractivity contribution is 9.10. The molecule has 0 spiro atoms. The van der Waals surface area contributed by atoms with Crippen LogP contribution in [0.4, 0.5) is 0 Å². The number of nitrogens with zero attached hydrogens (tertiary/aromatic N) is 2. The lowest BCUT2D eigenvalue weighted by atomic mass is 9.62. The predicted molar refractivity (Wildman–Crippen MR) is 134 cm³/mol. The van der Waals surface area contributed by atoms with Crippen LogP contribution in [0.5, 0.6) is 0 Å². The highest BCUT2D eigenvalue weighted by Crippen LogP contribution is 2.52. The second-order valence-electron chi connectivity index (χ2n) is 9.37. The summed E-state index contributed by atoms with van der Waals surface area (Å²) in [6.07, 6.45) is 5.52. The molecule has 1 unspecified atom stereocenters. The maximum Gasteiger partial charge on any atom is 0.235 e. The number of carbonyl (C=O) groups excluding carboxylic acids is 2. The van der Waals surface area contributed by atoms with Gasteiger partial charge in [0.25, 0.3) is 0 Å². The fourth-order valence-corrected chi connectivity index (χ4v) is 6.50. The van der Waals surface area contributed by atoms with Gasteiger partial charge in [-0.1, -0.05) is 82.2 Å². The monoisotopic (exact) mass is 520 g/mol. The number of fused-ring (bicyclic) bond motifs is 1. The summed E-state index contributed by atoms with van der Waals surface area (Å²) in [5, 5.41) is 9.46. The number of aliphatic hydroxyl groups is 1. The fraction of sp³-hybridized carbons (Fsp3) is 0.357. The number of amides is 2. The molecule has 5 atom stereocenters. The first-order valence-corrected chi connectivity index (χ1v) is 12.7. The van der Waals surface area contributed by atoms with Crippen LogP contribution >= 0.6 is 15.9 Å². The van der Waals surface area contributed by atoms with Gasteiger partial charge in [0.1, 0.15) is 0 Å². The van der Waals surface area contributed by atoms with Crippen LogP contribution in [0, 0.1) is 17.8 Å². The molecular weight excluding hydrogens is 492 g/mol. The van der Waals surface area contributed by atoms with Crippen LogP contribution in [-0.2, 0) is 22.7 Å². The average molecular weight is 521 g/mol. The molecule has 2 aromatic rings. The third-order valence-electron chi connectivity index (χ3n) is 7.55. The highest BCUT2D eigenvalue weighted by atomic mass is 79.9. The first-order valence-electron chi connectivity index (χ1n) is 11.9. The van der Waals surface area contributed by atoms with Gasteiger partial charge in [-0.05, 0) is 30.0 Å². The summed E-state index contributed by atoms with van der Waals surface area (Å²) in [6.45, 7) is 5.21. The van der Waals surface area contributed by atoms with Crippen LogP contribution < -0.4 is 0 Å². The van der Waals surface area contributed by atoms with Crippen LogP contribution in [0.3, 0.4) is 0 Å². The van der Waals surface area contributed by atoms with E-state index in [1.807, 2.05) is 54.6 Å². The largest absolute Gasteiger partial charge is 0.396 e. The molecule has 2 bridgehead atoms. The molecule has 3 heterocycles. The van der Waals surface area contributed by atoms with E-state index in [2.05, 4.69) is 39.6 Å². The van der Waals surface area contributed by atoms with E-state index in [4.69, 9.17) is 0 Å². The van der Waals surface area contributed by atoms with Crippen molar-refractivity contribution in [3.05, 3.63) is 94.5 Å². The first kappa shape index (κ1) is 23.2. The van der Waals surface area contributed by atoms with Gasteiger partial charge >= 0.3 is 0 Å². The molecule has 4 aliphatic rings. The molecule has 1 N–H and O–H groups in total. The van der Waals surface area contributed by atoms with Crippen molar-refractivity contribution in [3.63, 3.8) is 0 Å². The second kappa shape index (κ2) is 9.61. The molecule has 176 valence electrons. The Labute approximate surface area is 208 Å². The maximum absolute atomic E-state index is 13.7. The van der Waals surface area contributed by atoms with Gasteiger partial charge in [0.05, 0.1) is 18.4 Å². The highest BCUT2D eigenvalue weighted by Gasteiger charge is 2.62. The average Bonchev–Trinajstić information content (AvgIpc) is 3.11. The van der Waals surface area contributed by atoms with Crippen LogP contribution in [0.25, 0.3) is 0 Å². The van der Waals surface area contributed by atoms with E-state index < -0.39 is 5.92 Å². The molecule has 3 aliphatic heterocycles. The fourth-order valence-electron chi connectivity index (χ4n) is 6.09. The van der Waals surface area contributed by atoms with Crippen LogP contribution in [0.1, 0.15) is 24.0 Å². The smallest absolute Gasteiger partial charge is 0.235 e. The molecule has 2 saturated heterocycles. The molecule has 1 aliphatic carbocycles. The maximum atomic E-state index is 13.7. The summed E-state index contributed by atoms with van der Waals surface area (Å²) >= 11 is 3.66. The second-order valence-corrected chi connectivity index (χ2v) is 10.2. The minimum absolute atomic E-state index is 0.0505. The summed E-state index contributed by atoms with van der Waals surface area (Å²) in [6, 6.07) is 17.6. The Hall–Kier alpha value is -2.54. The topological polar surface area (TPSA) is 60.9 Å². The Morgan fingerprint density at radius 1 is 0.941 bits per heavy atom. The number of rotatable bonds is 8. The Morgan fingerprint density at radius 2 is 1.65 bits per heavy atom. The summed E-state index contributed by atoms with van der Waals surface area (Å²) in [5.74, 6) is -1.03. The van der Waals surface area contributed by atoms with Crippen molar-refractivity contribution in [2.45, 2.75) is 38.0 Å². The molecule has 2 amide bonds. The van der Waals surface area contributed by atoms with Crippen molar-refractivity contribution < 1.29 is 14.7 Å². The third-order valence-corrected chi connectivity index (χ3v) is 8.32. The summed E-state index contributed by atoms with van der Waals surface area (Å²) < 4.78 is 1.03. The Bertz CT molecular complexity index is 1130. The van der Waals surface area contributed by atoms with Gasteiger partial charge in [-0.3, -0.25) is 19.4 Å². The van der Waals surface area contributed by atoms with Crippen molar-refractivity contribution in [2.75, 3.05) is 6.61 Å². The zero-order valence-corrected chi connectivity index (χ0v) is 20.6. The Kier molecular flexibility index (Phi) is 6.56. The SMILES string of the molecule is C=CC1[C@H]2C(CCCO)=C[C@H]([C@@H]3C(=O)N(Cc4ccccc4)C(=O)[C@@H]32)N1Cc1ccccc1Br. The molecule has 2 aromatic carbocycles. The van der Waals surface area contributed by atoms with E-state index in [9.17, 15) is 14.7 Å². The summed E-state index contributed by atoms with van der Waals surface area (Å²) in [7, 11) is 0. The number of hydrogen-bond acceptors (Lipinski definition) is 4. The molecule has 5 nitrogen and oxygen atoms in total. The van der Waals surface area contributed by atoms with Gasteiger partial charge in [0, 0.05) is 35.6 Å². The lowest BCUT2D eigenvalue weighted by Crippen LogP contribution is -2.61. The number of likely N-dealkylation sites (tertiary alicyclic amines) is 1. The number of hydrogen-bond donors (Lipinski definition) is 1. The lowest BCUT2D eigenvalue weighted by Gasteiger charge is -2.54. The number of halogens is 1. The van der Waals surface area contributed by atoms with E-state index in [0.29, 0.717) is 19.5 Å². The van der Waals surface area contributed by atoms with Crippen LogP contribution in [0.2, 0.25) is 0 Å². The standard InChI is InChI=1S/C28H29BrN2O3/c1-2-22-24-19(12-8-14-32)15-23(30(22)17-20-11-6-7-13-21(20)29)25-26(24)28(34)31(27(25)33)16-18-9-4-3-5-10-18/h2-7,9-11,13,15,22-26,32H,1,8,12,14,16-17H2/t22?,23-,24-,25+,26-/m1/s1. The normalized spacial score (nSPS) is 28.2. The van der Waals surface area contributed by atoms with E-state index in [-0.39, 0.29) is 42.3 Å². The van der Waals surface area contributed by atoms with Gasteiger partial charge < -0.3 is 5.11 Å². The van der Waals surface area contributed by atoms with Gasteiger partial charge in [-0.2, -0.15) is 0 Å².